The van der Waals surface area contributed by atoms with E-state index in [1.807, 2.05) is 0 Å². The minimum atomic E-state index is -0.628. The van der Waals surface area contributed by atoms with Crippen molar-refractivity contribution in [3.63, 3.8) is 0 Å². The fourth-order valence-corrected chi connectivity index (χ4v) is 3.16. The Balaban J connectivity index is 1.75. The summed E-state index contributed by atoms with van der Waals surface area (Å²) in [6.45, 7) is 3.39. The van der Waals surface area contributed by atoms with Crippen molar-refractivity contribution in [1.82, 2.24) is 5.32 Å². The van der Waals surface area contributed by atoms with E-state index in [2.05, 4.69) is 23.0 Å². The molecule has 0 amide bonds. The van der Waals surface area contributed by atoms with E-state index < -0.39 is 6.10 Å². The molecule has 21 heavy (non-hydrogen) atoms. The molecule has 0 saturated carbocycles. The molecule has 0 fully saturated rings. The van der Waals surface area contributed by atoms with Crippen LogP contribution in [-0.2, 0) is 6.54 Å². The summed E-state index contributed by atoms with van der Waals surface area (Å²) in [6.07, 6.45) is -0.628. The van der Waals surface area contributed by atoms with Gasteiger partial charge in [0.25, 0.3) is 0 Å². The molecule has 0 bridgehead atoms. The number of aliphatic hydroxyl groups excluding tert-OH is 1. The molecule has 1 atom stereocenters. The standard InChI is InChI=1S/C15H17Cl2NO2S/c1-10-8-21-9-11(10)5-18-6-12(19)7-20-15-13(16)3-2-4-14(15)17/h2-4,8-9,12,18-19H,5-7H2,1H3. The molecule has 1 heterocycles. The van der Waals surface area contributed by atoms with E-state index >= 15 is 0 Å². The van der Waals surface area contributed by atoms with E-state index in [1.54, 1.807) is 29.5 Å². The van der Waals surface area contributed by atoms with E-state index in [-0.39, 0.29) is 6.61 Å². The Hall–Kier alpha value is -0.780. The van der Waals surface area contributed by atoms with Crippen molar-refractivity contribution in [3.05, 3.63) is 50.1 Å². The first kappa shape index (κ1) is 16.6. The maximum atomic E-state index is 9.92. The summed E-state index contributed by atoms with van der Waals surface area (Å²) in [6, 6.07) is 5.15. The van der Waals surface area contributed by atoms with Crippen LogP contribution < -0.4 is 10.1 Å². The SMILES string of the molecule is Cc1cscc1CNCC(O)COc1c(Cl)cccc1Cl. The number of thiophene rings is 1. The first-order valence-electron chi connectivity index (χ1n) is 6.55. The fraction of sp³-hybridized carbons (Fsp3) is 0.333. The van der Waals surface area contributed by atoms with Gasteiger partial charge in [0.05, 0.1) is 10.0 Å². The second-order valence-corrected chi connectivity index (χ2v) is 6.28. The first-order chi connectivity index (χ1) is 10.1. The second-order valence-electron chi connectivity index (χ2n) is 4.73. The highest BCUT2D eigenvalue weighted by Gasteiger charge is 2.10. The molecule has 0 aliphatic carbocycles. The van der Waals surface area contributed by atoms with Crippen LogP contribution in [0.2, 0.25) is 10.0 Å². The van der Waals surface area contributed by atoms with Crippen molar-refractivity contribution in [2.75, 3.05) is 13.2 Å². The Morgan fingerprint density at radius 3 is 2.62 bits per heavy atom. The quantitative estimate of drug-likeness (QED) is 0.799. The molecule has 1 aromatic heterocycles. The van der Waals surface area contributed by atoms with Crippen molar-refractivity contribution in [2.45, 2.75) is 19.6 Å². The van der Waals surface area contributed by atoms with E-state index in [4.69, 9.17) is 27.9 Å². The molecule has 3 nitrogen and oxygen atoms in total. The van der Waals surface area contributed by atoms with Gasteiger partial charge in [0.15, 0.2) is 5.75 Å². The van der Waals surface area contributed by atoms with E-state index in [9.17, 15) is 5.11 Å². The molecule has 0 aliphatic heterocycles. The van der Waals surface area contributed by atoms with E-state index in [0.717, 1.165) is 6.54 Å². The number of aryl methyl sites for hydroxylation is 1. The number of halogens is 2. The summed E-state index contributed by atoms with van der Waals surface area (Å²) in [5.41, 5.74) is 2.52. The molecular weight excluding hydrogens is 329 g/mol. The van der Waals surface area contributed by atoms with E-state index in [0.29, 0.717) is 22.3 Å². The average molecular weight is 346 g/mol. The highest BCUT2D eigenvalue weighted by molar-refractivity contribution is 7.08. The third kappa shape index (κ3) is 4.87. The number of ether oxygens (including phenoxy) is 1. The van der Waals surface area contributed by atoms with Crippen LogP contribution in [0, 0.1) is 6.92 Å². The van der Waals surface area contributed by atoms with Gasteiger partial charge in [0.1, 0.15) is 12.7 Å². The van der Waals surface area contributed by atoms with Crippen LogP contribution in [0.15, 0.2) is 29.0 Å². The van der Waals surface area contributed by atoms with Crippen molar-refractivity contribution < 1.29 is 9.84 Å². The number of benzene rings is 1. The predicted molar refractivity (Wildman–Crippen MR) is 88.7 cm³/mol. The highest BCUT2D eigenvalue weighted by Crippen LogP contribution is 2.32. The topological polar surface area (TPSA) is 41.5 Å². The zero-order chi connectivity index (χ0) is 15.2. The number of aliphatic hydroxyl groups is 1. The minimum absolute atomic E-state index is 0.138. The van der Waals surface area contributed by atoms with Gasteiger partial charge < -0.3 is 15.2 Å². The highest BCUT2D eigenvalue weighted by atomic mass is 35.5. The van der Waals surface area contributed by atoms with Gasteiger partial charge in [-0.15, -0.1) is 0 Å². The lowest BCUT2D eigenvalue weighted by Gasteiger charge is -2.15. The predicted octanol–water partition coefficient (Wildman–Crippen LogP) is 3.89. The molecule has 1 aromatic carbocycles. The van der Waals surface area contributed by atoms with Crippen LogP contribution in [0.4, 0.5) is 0 Å². The number of nitrogens with one attached hydrogen (secondary N) is 1. The Kier molecular flexibility index (Phi) is 6.33. The van der Waals surface area contributed by atoms with Crippen LogP contribution >= 0.6 is 34.5 Å². The summed E-state index contributed by atoms with van der Waals surface area (Å²) < 4.78 is 5.49. The van der Waals surface area contributed by atoms with Gasteiger partial charge in [-0.25, -0.2) is 0 Å². The molecule has 114 valence electrons. The summed E-state index contributed by atoms with van der Waals surface area (Å²) in [5, 5.41) is 18.2. The van der Waals surface area contributed by atoms with Gasteiger partial charge in [0.2, 0.25) is 0 Å². The summed E-state index contributed by atoms with van der Waals surface area (Å²) >= 11 is 13.7. The van der Waals surface area contributed by atoms with Gasteiger partial charge in [0, 0.05) is 13.1 Å². The first-order valence-corrected chi connectivity index (χ1v) is 8.25. The van der Waals surface area contributed by atoms with Crippen molar-refractivity contribution in [3.8, 4) is 5.75 Å². The fourth-order valence-electron chi connectivity index (χ4n) is 1.80. The molecule has 6 heteroatoms. The van der Waals surface area contributed by atoms with Crippen LogP contribution in [-0.4, -0.2) is 24.4 Å². The molecular formula is C15H17Cl2NO2S. The van der Waals surface area contributed by atoms with Crippen LogP contribution in [0.5, 0.6) is 5.75 Å². The Labute approximate surface area is 138 Å². The number of rotatable bonds is 7. The zero-order valence-electron chi connectivity index (χ0n) is 11.6. The maximum Gasteiger partial charge on any atom is 0.156 e. The van der Waals surface area contributed by atoms with Crippen molar-refractivity contribution >= 4 is 34.5 Å². The van der Waals surface area contributed by atoms with Crippen LogP contribution in [0.1, 0.15) is 11.1 Å². The molecule has 1 unspecified atom stereocenters. The van der Waals surface area contributed by atoms with Gasteiger partial charge >= 0.3 is 0 Å². The Bertz CT molecular complexity index is 569. The molecule has 0 spiro atoms. The molecule has 2 aromatic rings. The summed E-state index contributed by atoms with van der Waals surface area (Å²) in [7, 11) is 0. The van der Waals surface area contributed by atoms with Gasteiger partial charge in [-0.05, 0) is 40.9 Å². The normalized spacial score (nSPS) is 12.4. The smallest absolute Gasteiger partial charge is 0.156 e. The number of para-hydroxylation sites is 1. The summed E-state index contributed by atoms with van der Waals surface area (Å²) in [4.78, 5) is 0. The Morgan fingerprint density at radius 2 is 2.00 bits per heavy atom. The van der Waals surface area contributed by atoms with Crippen LogP contribution in [0.3, 0.4) is 0 Å². The largest absolute Gasteiger partial charge is 0.488 e. The lowest BCUT2D eigenvalue weighted by atomic mass is 10.2. The van der Waals surface area contributed by atoms with Gasteiger partial charge in [-0.1, -0.05) is 29.3 Å². The zero-order valence-corrected chi connectivity index (χ0v) is 13.9. The third-order valence-corrected chi connectivity index (χ3v) is 4.50. The minimum Gasteiger partial charge on any atom is -0.488 e. The van der Waals surface area contributed by atoms with Gasteiger partial charge in [-0.3, -0.25) is 0 Å². The van der Waals surface area contributed by atoms with Crippen molar-refractivity contribution in [1.29, 1.82) is 0 Å². The van der Waals surface area contributed by atoms with E-state index in [1.165, 1.54) is 11.1 Å². The maximum absolute atomic E-state index is 9.92. The number of hydrogen-bond acceptors (Lipinski definition) is 4. The lowest BCUT2D eigenvalue weighted by molar-refractivity contribution is 0.106. The average Bonchev–Trinajstić information content (AvgIpc) is 2.84. The molecule has 0 radical (unpaired) electrons. The summed E-state index contributed by atoms with van der Waals surface area (Å²) in [5.74, 6) is 0.411. The molecule has 2 rings (SSSR count). The lowest BCUT2D eigenvalue weighted by Crippen LogP contribution is -2.31. The second kappa shape index (κ2) is 8.01. The Morgan fingerprint density at radius 1 is 1.29 bits per heavy atom. The molecule has 2 N–H and O–H groups in total. The molecule has 0 saturated heterocycles. The third-order valence-electron chi connectivity index (χ3n) is 3.00. The van der Waals surface area contributed by atoms with Gasteiger partial charge in [-0.2, -0.15) is 11.3 Å². The van der Waals surface area contributed by atoms with Crippen molar-refractivity contribution in [2.24, 2.45) is 0 Å². The molecule has 0 aliphatic rings. The monoisotopic (exact) mass is 345 g/mol. The number of hydrogen-bond donors (Lipinski definition) is 2. The van der Waals surface area contributed by atoms with Crippen LogP contribution in [0.25, 0.3) is 0 Å².